The molecule has 1 heterocycles. The number of likely N-dealkylation sites (N-methyl/N-ethyl adjacent to an activating group) is 1. The Kier molecular flexibility index (Phi) is 8.71. The summed E-state index contributed by atoms with van der Waals surface area (Å²) in [5, 5.41) is 0. The first-order chi connectivity index (χ1) is 16.0. The van der Waals surface area contributed by atoms with E-state index in [1.807, 2.05) is 18.2 Å². The Balaban J connectivity index is 1.82. The van der Waals surface area contributed by atoms with Crippen LogP contribution in [-0.2, 0) is 13.0 Å². The molecule has 5 nitrogen and oxygen atoms in total. The first-order valence-electron chi connectivity index (χ1n) is 11.8. The van der Waals surface area contributed by atoms with Gasteiger partial charge in [0.1, 0.15) is 8.07 Å². The highest BCUT2D eigenvalue weighted by Crippen LogP contribution is 2.36. The van der Waals surface area contributed by atoms with E-state index in [1.165, 1.54) is 23.7 Å². The SMILES string of the molecule is CC[Si](C#Cc1cc(OC)c(OC)cc1CCN(C)Cc1cccc2c1OCO2)(CC)CC. The van der Waals surface area contributed by atoms with Crippen LogP contribution in [0.15, 0.2) is 30.3 Å². The minimum absolute atomic E-state index is 0.293. The molecular formula is C27H37NO4Si. The minimum Gasteiger partial charge on any atom is -0.493 e. The average molecular weight is 468 g/mol. The number of benzene rings is 2. The van der Waals surface area contributed by atoms with Crippen molar-refractivity contribution in [1.82, 2.24) is 4.90 Å². The lowest BCUT2D eigenvalue weighted by Gasteiger charge is -2.21. The van der Waals surface area contributed by atoms with Gasteiger partial charge < -0.3 is 23.8 Å². The van der Waals surface area contributed by atoms with Crippen LogP contribution in [0.5, 0.6) is 23.0 Å². The van der Waals surface area contributed by atoms with Gasteiger partial charge in [0, 0.05) is 24.2 Å². The van der Waals surface area contributed by atoms with Crippen LogP contribution < -0.4 is 18.9 Å². The molecule has 0 bridgehead atoms. The molecule has 178 valence electrons. The lowest BCUT2D eigenvalue weighted by Crippen LogP contribution is -2.29. The van der Waals surface area contributed by atoms with Gasteiger partial charge in [0.05, 0.1) is 14.2 Å². The van der Waals surface area contributed by atoms with Gasteiger partial charge in [-0.05, 0) is 55.4 Å². The summed E-state index contributed by atoms with van der Waals surface area (Å²) < 4.78 is 22.3. The third-order valence-electron chi connectivity index (χ3n) is 6.78. The van der Waals surface area contributed by atoms with Gasteiger partial charge in [0.2, 0.25) is 6.79 Å². The van der Waals surface area contributed by atoms with Gasteiger partial charge >= 0.3 is 0 Å². The van der Waals surface area contributed by atoms with Gasteiger partial charge in [0.15, 0.2) is 23.0 Å². The fraction of sp³-hybridized carbons (Fsp3) is 0.481. The summed E-state index contributed by atoms with van der Waals surface area (Å²) in [6, 6.07) is 13.7. The second-order valence-corrected chi connectivity index (χ2v) is 13.5. The number of hydrogen-bond acceptors (Lipinski definition) is 5. The van der Waals surface area contributed by atoms with E-state index in [1.54, 1.807) is 14.2 Å². The lowest BCUT2D eigenvalue weighted by molar-refractivity contribution is 0.172. The monoisotopic (exact) mass is 467 g/mol. The van der Waals surface area contributed by atoms with Gasteiger partial charge in [-0.25, -0.2) is 0 Å². The highest BCUT2D eigenvalue weighted by molar-refractivity contribution is 6.87. The Labute approximate surface area is 200 Å². The molecule has 0 saturated heterocycles. The Bertz CT molecular complexity index is 999. The maximum absolute atomic E-state index is 5.67. The van der Waals surface area contributed by atoms with E-state index in [0.717, 1.165) is 53.6 Å². The van der Waals surface area contributed by atoms with E-state index in [9.17, 15) is 0 Å². The van der Waals surface area contributed by atoms with Crippen molar-refractivity contribution in [2.75, 3.05) is 34.6 Å². The van der Waals surface area contributed by atoms with Crippen molar-refractivity contribution in [2.45, 2.75) is 51.9 Å². The van der Waals surface area contributed by atoms with Crippen LogP contribution in [0.3, 0.4) is 0 Å². The molecular weight excluding hydrogens is 430 g/mol. The fourth-order valence-electron chi connectivity index (χ4n) is 4.26. The van der Waals surface area contributed by atoms with Crippen molar-refractivity contribution in [3.8, 4) is 34.5 Å². The van der Waals surface area contributed by atoms with Gasteiger partial charge in [-0.3, -0.25) is 0 Å². The van der Waals surface area contributed by atoms with E-state index in [4.69, 9.17) is 18.9 Å². The summed E-state index contributed by atoms with van der Waals surface area (Å²) in [6.07, 6.45) is 0.867. The summed E-state index contributed by atoms with van der Waals surface area (Å²) in [5.41, 5.74) is 7.11. The Hall–Kier alpha value is -2.62. The Morgan fingerprint density at radius 2 is 1.67 bits per heavy atom. The summed E-state index contributed by atoms with van der Waals surface area (Å²) >= 11 is 0. The molecule has 0 spiro atoms. The number of rotatable bonds is 10. The molecule has 0 fully saturated rings. The standard InChI is InChI=1S/C27H37NO4Si/c1-7-33(8-2,9-3)16-14-22-18-26(30-6)25(29-5)17-21(22)13-15-28(4)19-23-11-10-12-24-27(23)32-20-31-24/h10-12,17-18H,7-9,13,15,19-20H2,1-6H3. The summed E-state index contributed by atoms with van der Waals surface area (Å²) in [4.78, 5) is 2.30. The van der Waals surface area contributed by atoms with Crippen LogP contribution in [0.2, 0.25) is 18.1 Å². The van der Waals surface area contributed by atoms with Crippen molar-refractivity contribution in [3.05, 3.63) is 47.0 Å². The molecule has 0 atom stereocenters. The highest BCUT2D eigenvalue weighted by atomic mass is 28.3. The van der Waals surface area contributed by atoms with E-state index >= 15 is 0 Å². The van der Waals surface area contributed by atoms with Gasteiger partial charge in [-0.1, -0.05) is 38.8 Å². The zero-order chi connectivity index (χ0) is 23.8. The Morgan fingerprint density at radius 1 is 0.970 bits per heavy atom. The first-order valence-corrected chi connectivity index (χ1v) is 14.4. The van der Waals surface area contributed by atoms with Crippen LogP contribution in [0.25, 0.3) is 0 Å². The zero-order valence-electron chi connectivity index (χ0n) is 20.9. The number of hydrogen-bond donors (Lipinski definition) is 0. The van der Waals surface area contributed by atoms with Crippen molar-refractivity contribution < 1.29 is 18.9 Å². The van der Waals surface area contributed by atoms with Crippen LogP contribution >= 0.6 is 0 Å². The number of fused-ring (bicyclic) bond motifs is 1. The van der Waals surface area contributed by atoms with Crippen LogP contribution in [0, 0.1) is 11.5 Å². The average Bonchev–Trinajstić information content (AvgIpc) is 3.34. The Morgan fingerprint density at radius 3 is 2.33 bits per heavy atom. The van der Waals surface area contributed by atoms with Crippen LogP contribution in [-0.4, -0.2) is 47.6 Å². The summed E-state index contributed by atoms with van der Waals surface area (Å²) in [7, 11) is 3.94. The van der Waals surface area contributed by atoms with Crippen LogP contribution in [0.1, 0.15) is 37.5 Å². The molecule has 2 aromatic carbocycles. The lowest BCUT2D eigenvalue weighted by atomic mass is 10.0. The molecule has 33 heavy (non-hydrogen) atoms. The number of nitrogens with zero attached hydrogens (tertiary/aromatic N) is 1. The van der Waals surface area contributed by atoms with Crippen molar-refractivity contribution in [3.63, 3.8) is 0 Å². The fourth-order valence-corrected chi connectivity index (χ4v) is 6.69. The van der Waals surface area contributed by atoms with Crippen molar-refractivity contribution >= 4 is 8.07 Å². The zero-order valence-corrected chi connectivity index (χ0v) is 21.9. The molecule has 0 aliphatic carbocycles. The van der Waals surface area contributed by atoms with Crippen LogP contribution in [0.4, 0.5) is 0 Å². The van der Waals surface area contributed by atoms with Gasteiger partial charge in [-0.2, -0.15) is 0 Å². The predicted octanol–water partition coefficient (Wildman–Crippen LogP) is 5.51. The molecule has 0 aromatic heterocycles. The number of ether oxygens (including phenoxy) is 4. The summed E-state index contributed by atoms with van der Waals surface area (Å²) in [5.74, 6) is 6.73. The predicted molar refractivity (Wildman–Crippen MR) is 136 cm³/mol. The molecule has 6 heteroatoms. The first kappa shape index (κ1) is 25.0. The largest absolute Gasteiger partial charge is 0.493 e. The molecule has 0 saturated carbocycles. The van der Waals surface area contributed by atoms with Gasteiger partial charge in [-0.15, -0.1) is 5.54 Å². The van der Waals surface area contributed by atoms with Crippen molar-refractivity contribution in [1.29, 1.82) is 0 Å². The molecule has 0 N–H and O–H groups in total. The maximum atomic E-state index is 5.67. The summed E-state index contributed by atoms with van der Waals surface area (Å²) in [6.45, 7) is 8.82. The molecule has 2 aromatic rings. The third-order valence-corrected chi connectivity index (χ3v) is 11.5. The third kappa shape index (κ3) is 5.84. The van der Waals surface area contributed by atoms with E-state index < -0.39 is 8.07 Å². The molecule has 1 aliphatic rings. The molecule has 0 radical (unpaired) electrons. The second kappa shape index (κ2) is 11.5. The second-order valence-electron chi connectivity index (χ2n) is 8.59. The van der Waals surface area contributed by atoms with E-state index in [2.05, 4.69) is 56.3 Å². The highest BCUT2D eigenvalue weighted by Gasteiger charge is 2.24. The molecule has 1 aliphatic heterocycles. The minimum atomic E-state index is -1.55. The molecule has 0 amide bonds. The van der Waals surface area contributed by atoms with E-state index in [-0.39, 0.29) is 0 Å². The van der Waals surface area contributed by atoms with Gasteiger partial charge in [0.25, 0.3) is 0 Å². The quantitative estimate of drug-likeness (QED) is 0.341. The molecule has 3 rings (SSSR count). The topological polar surface area (TPSA) is 40.2 Å². The number of methoxy groups -OCH3 is 2. The smallest absolute Gasteiger partial charge is 0.231 e. The maximum Gasteiger partial charge on any atom is 0.231 e. The molecule has 0 unspecified atom stereocenters. The normalized spacial score (nSPS) is 12.5. The van der Waals surface area contributed by atoms with E-state index in [0.29, 0.717) is 6.79 Å². The van der Waals surface area contributed by atoms with Crippen molar-refractivity contribution in [2.24, 2.45) is 0 Å². The number of para-hydroxylation sites is 1.